The lowest BCUT2D eigenvalue weighted by Crippen LogP contribution is -2.27. The van der Waals surface area contributed by atoms with Crippen LogP contribution in [0.4, 0.5) is 0 Å². The van der Waals surface area contributed by atoms with Gasteiger partial charge in [-0.3, -0.25) is 4.79 Å². The molecular weight excluding hydrogens is 280 g/mol. The number of rotatable bonds is 10. The van der Waals surface area contributed by atoms with Crippen molar-refractivity contribution in [2.75, 3.05) is 26.2 Å². The lowest BCUT2D eigenvalue weighted by Gasteiger charge is -2.17. The third-order valence-corrected chi connectivity index (χ3v) is 3.30. The largest absolute Gasteiger partial charge is 0.467 e. The van der Waals surface area contributed by atoms with Crippen molar-refractivity contribution in [3.8, 4) is 6.07 Å². The summed E-state index contributed by atoms with van der Waals surface area (Å²) < 4.78 is 5.12. The molecule has 0 aliphatic rings. The number of nitrogens with zero attached hydrogens (tertiary/aromatic N) is 2. The first-order valence-electron chi connectivity index (χ1n) is 7.57. The second-order valence-electron chi connectivity index (χ2n) is 4.77. The fourth-order valence-electron chi connectivity index (χ4n) is 1.94. The smallest absolute Gasteiger partial charge is 0.263 e. The molecule has 6 heteroatoms. The predicted molar refractivity (Wildman–Crippen MR) is 84.7 cm³/mol. The van der Waals surface area contributed by atoms with E-state index in [0.717, 1.165) is 32.6 Å². The summed E-state index contributed by atoms with van der Waals surface area (Å²) in [5.41, 5.74) is 0.0643. The maximum atomic E-state index is 11.8. The van der Waals surface area contributed by atoms with Gasteiger partial charge in [-0.25, -0.2) is 0 Å². The summed E-state index contributed by atoms with van der Waals surface area (Å²) in [4.78, 5) is 14.2. The number of nitrogens with one attached hydrogen (secondary N) is 2. The van der Waals surface area contributed by atoms with Crippen molar-refractivity contribution in [2.24, 2.45) is 0 Å². The molecule has 0 fully saturated rings. The minimum atomic E-state index is -0.407. The first-order valence-corrected chi connectivity index (χ1v) is 7.57. The molecule has 1 heterocycles. The number of hydrogen-bond donors (Lipinski definition) is 2. The Hall–Kier alpha value is -2.26. The second-order valence-corrected chi connectivity index (χ2v) is 4.77. The van der Waals surface area contributed by atoms with Crippen molar-refractivity contribution < 1.29 is 9.21 Å². The second kappa shape index (κ2) is 10.5. The summed E-state index contributed by atoms with van der Waals surface area (Å²) in [6, 6.07) is 5.41. The van der Waals surface area contributed by atoms with Crippen LogP contribution in [0.5, 0.6) is 0 Å². The zero-order valence-corrected chi connectivity index (χ0v) is 13.3. The van der Waals surface area contributed by atoms with Crippen molar-refractivity contribution in [3.05, 3.63) is 35.9 Å². The number of nitriles is 1. The molecule has 0 aliphatic heterocycles. The minimum absolute atomic E-state index is 0.0643. The minimum Gasteiger partial charge on any atom is -0.467 e. The Bertz CT molecular complexity index is 499. The molecular formula is C16H24N4O2. The van der Waals surface area contributed by atoms with Crippen LogP contribution in [0.25, 0.3) is 0 Å². The van der Waals surface area contributed by atoms with Crippen molar-refractivity contribution >= 4 is 5.91 Å². The fraction of sp³-hybridized carbons (Fsp3) is 0.500. The molecule has 1 aromatic heterocycles. The monoisotopic (exact) mass is 304 g/mol. The number of furan rings is 1. The SMILES string of the molecule is CCN(CC)CCCN/C=C(/C#N)C(=O)NCc1ccco1. The molecule has 0 saturated carbocycles. The zero-order chi connectivity index (χ0) is 16.2. The topological polar surface area (TPSA) is 81.3 Å². The lowest BCUT2D eigenvalue weighted by molar-refractivity contribution is -0.117. The average Bonchev–Trinajstić information content (AvgIpc) is 3.05. The lowest BCUT2D eigenvalue weighted by atomic mass is 10.3. The standard InChI is InChI=1S/C16H24N4O2/c1-3-20(4-2)9-6-8-18-12-14(11-17)16(21)19-13-15-7-5-10-22-15/h5,7,10,12,18H,3-4,6,8-9,13H2,1-2H3,(H,19,21)/b14-12-. The number of amides is 1. The predicted octanol–water partition coefficient (Wildman–Crippen LogP) is 1.62. The first kappa shape index (κ1) is 17.8. The first-order chi connectivity index (χ1) is 10.7. The van der Waals surface area contributed by atoms with Gasteiger partial charge in [0.15, 0.2) is 0 Å². The number of carbonyl (C=O) groups excluding carboxylic acids is 1. The maximum Gasteiger partial charge on any atom is 0.263 e. The molecule has 0 unspecified atom stereocenters. The Morgan fingerprint density at radius 3 is 2.82 bits per heavy atom. The van der Waals surface area contributed by atoms with E-state index in [2.05, 4.69) is 29.4 Å². The van der Waals surface area contributed by atoms with E-state index in [1.165, 1.54) is 6.20 Å². The van der Waals surface area contributed by atoms with E-state index >= 15 is 0 Å². The fourth-order valence-corrected chi connectivity index (χ4v) is 1.94. The van der Waals surface area contributed by atoms with E-state index in [4.69, 9.17) is 9.68 Å². The molecule has 0 radical (unpaired) electrons. The Kier molecular flexibility index (Phi) is 8.46. The molecule has 1 aromatic rings. The van der Waals surface area contributed by atoms with Crippen molar-refractivity contribution in [3.63, 3.8) is 0 Å². The summed E-state index contributed by atoms with van der Waals surface area (Å²) in [5, 5.41) is 14.7. The van der Waals surface area contributed by atoms with Crippen LogP contribution >= 0.6 is 0 Å². The summed E-state index contributed by atoms with van der Waals surface area (Å²) in [6.07, 6.45) is 3.98. The zero-order valence-electron chi connectivity index (χ0n) is 13.3. The normalized spacial score (nSPS) is 11.3. The molecule has 1 rings (SSSR count). The molecule has 0 bridgehead atoms. The van der Waals surface area contributed by atoms with Crippen LogP contribution in [0, 0.1) is 11.3 Å². The van der Waals surface area contributed by atoms with E-state index in [1.54, 1.807) is 18.4 Å². The van der Waals surface area contributed by atoms with Crippen LogP contribution in [-0.4, -0.2) is 37.0 Å². The van der Waals surface area contributed by atoms with Crippen molar-refractivity contribution in [2.45, 2.75) is 26.8 Å². The van der Waals surface area contributed by atoms with Gasteiger partial charge in [-0.2, -0.15) is 5.26 Å². The van der Waals surface area contributed by atoms with Gasteiger partial charge in [0.25, 0.3) is 5.91 Å². The Morgan fingerprint density at radius 1 is 1.45 bits per heavy atom. The molecule has 22 heavy (non-hydrogen) atoms. The van der Waals surface area contributed by atoms with Gasteiger partial charge in [-0.1, -0.05) is 13.8 Å². The van der Waals surface area contributed by atoms with Gasteiger partial charge in [-0.05, 0) is 38.2 Å². The number of hydrogen-bond acceptors (Lipinski definition) is 5. The molecule has 0 atom stereocenters. The van der Waals surface area contributed by atoms with Gasteiger partial charge in [-0.15, -0.1) is 0 Å². The highest BCUT2D eigenvalue weighted by molar-refractivity contribution is 5.97. The third-order valence-electron chi connectivity index (χ3n) is 3.30. The van der Waals surface area contributed by atoms with Crippen LogP contribution < -0.4 is 10.6 Å². The summed E-state index contributed by atoms with van der Waals surface area (Å²) >= 11 is 0. The van der Waals surface area contributed by atoms with E-state index in [0.29, 0.717) is 5.76 Å². The average molecular weight is 304 g/mol. The highest BCUT2D eigenvalue weighted by Gasteiger charge is 2.08. The molecule has 6 nitrogen and oxygen atoms in total. The van der Waals surface area contributed by atoms with Gasteiger partial charge >= 0.3 is 0 Å². The molecule has 0 saturated heterocycles. The van der Waals surface area contributed by atoms with Gasteiger partial charge < -0.3 is 20.0 Å². The summed E-state index contributed by atoms with van der Waals surface area (Å²) in [5.74, 6) is 0.243. The highest BCUT2D eigenvalue weighted by atomic mass is 16.3. The van der Waals surface area contributed by atoms with Crippen LogP contribution in [0.15, 0.2) is 34.6 Å². The van der Waals surface area contributed by atoms with Crippen LogP contribution in [0.3, 0.4) is 0 Å². The van der Waals surface area contributed by atoms with Crippen LogP contribution in [-0.2, 0) is 11.3 Å². The molecule has 0 spiro atoms. The van der Waals surface area contributed by atoms with Crippen molar-refractivity contribution in [1.82, 2.24) is 15.5 Å². The van der Waals surface area contributed by atoms with Crippen LogP contribution in [0.2, 0.25) is 0 Å². The maximum absolute atomic E-state index is 11.8. The van der Waals surface area contributed by atoms with Crippen LogP contribution in [0.1, 0.15) is 26.0 Å². The van der Waals surface area contributed by atoms with Crippen molar-refractivity contribution in [1.29, 1.82) is 5.26 Å². The van der Waals surface area contributed by atoms with E-state index in [1.807, 2.05) is 6.07 Å². The number of carbonyl (C=O) groups is 1. The summed E-state index contributed by atoms with van der Waals surface area (Å²) in [7, 11) is 0. The Labute approximate surface area is 131 Å². The molecule has 1 amide bonds. The van der Waals surface area contributed by atoms with Gasteiger partial charge in [0.2, 0.25) is 0 Å². The summed E-state index contributed by atoms with van der Waals surface area (Å²) in [6.45, 7) is 8.33. The van der Waals surface area contributed by atoms with Gasteiger partial charge in [0.05, 0.1) is 12.8 Å². The quantitative estimate of drug-likeness (QED) is 0.390. The molecule has 120 valence electrons. The Balaban J connectivity index is 2.30. The van der Waals surface area contributed by atoms with Gasteiger partial charge in [0, 0.05) is 12.7 Å². The van der Waals surface area contributed by atoms with E-state index in [9.17, 15) is 4.79 Å². The highest BCUT2D eigenvalue weighted by Crippen LogP contribution is 2.00. The third kappa shape index (κ3) is 6.46. The molecule has 2 N–H and O–H groups in total. The Morgan fingerprint density at radius 2 is 2.23 bits per heavy atom. The van der Waals surface area contributed by atoms with Gasteiger partial charge in [0.1, 0.15) is 17.4 Å². The molecule has 0 aliphatic carbocycles. The van der Waals surface area contributed by atoms with E-state index in [-0.39, 0.29) is 12.1 Å². The van der Waals surface area contributed by atoms with E-state index < -0.39 is 5.91 Å². The molecule has 0 aromatic carbocycles.